The average molecular weight is 275 g/mol. The van der Waals surface area contributed by atoms with E-state index in [0.717, 1.165) is 15.9 Å². The first-order valence-electron chi connectivity index (χ1n) is 6.10. The fourth-order valence-electron chi connectivity index (χ4n) is 2.48. The molecule has 0 aliphatic heterocycles. The molecule has 0 spiro atoms. The second kappa shape index (κ2) is 5.55. The van der Waals surface area contributed by atoms with Crippen LogP contribution >= 0.6 is 22.9 Å². The Morgan fingerprint density at radius 1 is 1.53 bits per heavy atom. The predicted octanol–water partition coefficient (Wildman–Crippen LogP) is 3.30. The van der Waals surface area contributed by atoms with Crippen LogP contribution in [-0.2, 0) is 6.61 Å². The van der Waals surface area contributed by atoms with Crippen LogP contribution in [0.25, 0.3) is 0 Å². The van der Waals surface area contributed by atoms with Gasteiger partial charge in [0.25, 0.3) is 0 Å². The van der Waals surface area contributed by atoms with E-state index in [-0.39, 0.29) is 6.61 Å². The van der Waals surface area contributed by atoms with E-state index >= 15 is 0 Å². The molecule has 0 saturated heterocycles. The van der Waals surface area contributed by atoms with E-state index in [4.69, 9.17) is 16.7 Å². The van der Waals surface area contributed by atoms with Crippen molar-refractivity contribution in [3.63, 3.8) is 0 Å². The third kappa shape index (κ3) is 2.92. The van der Waals surface area contributed by atoms with Crippen molar-refractivity contribution >= 4 is 28.1 Å². The highest BCUT2D eigenvalue weighted by molar-refractivity contribution is 7.16. The van der Waals surface area contributed by atoms with Gasteiger partial charge in [0.15, 0.2) is 5.13 Å². The quantitative estimate of drug-likeness (QED) is 0.919. The van der Waals surface area contributed by atoms with E-state index in [2.05, 4.69) is 23.9 Å². The lowest BCUT2D eigenvalue weighted by molar-refractivity contribution is 0.285. The van der Waals surface area contributed by atoms with Crippen molar-refractivity contribution < 1.29 is 5.11 Å². The lowest BCUT2D eigenvalue weighted by atomic mass is 9.86. The van der Waals surface area contributed by atoms with Crippen molar-refractivity contribution in [2.75, 3.05) is 11.9 Å². The Bertz CT molecular complexity index is 383. The second-order valence-electron chi connectivity index (χ2n) is 4.91. The molecular weight excluding hydrogens is 256 g/mol. The maximum atomic E-state index is 9.13. The summed E-state index contributed by atoms with van der Waals surface area (Å²) in [6.45, 7) is 2.29. The van der Waals surface area contributed by atoms with Gasteiger partial charge in [-0.05, 0) is 18.8 Å². The monoisotopic (exact) mass is 274 g/mol. The number of hydrogen-bond donors (Lipinski definition) is 1. The lowest BCUT2D eigenvalue weighted by Crippen LogP contribution is -2.35. The molecule has 0 aromatic carbocycles. The van der Waals surface area contributed by atoms with Crippen LogP contribution < -0.4 is 4.90 Å². The zero-order valence-electron chi connectivity index (χ0n) is 10.3. The van der Waals surface area contributed by atoms with Crippen LogP contribution in [0.5, 0.6) is 0 Å². The summed E-state index contributed by atoms with van der Waals surface area (Å²) in [6.07, 6.45) is 5.08. The highest BCUT2D eigenvalue weighted by atomic mass is 35.5. The molecule has 96 valence electrons. The van der Waals surface area contributed by atoms with Gasteiger partial charge in [0.1, 0.15) is 5.15 Å². The van der Waals surface area contributed by atoms with Crippen molar-refractivity contribution in [1.29, 1.82) is 0 Å². The number of anilines is 1. The summed E-state index contributed by atoms with van der Waals surface area (Å²) < 4.78 is 0. The van der Waals surface area contributed by atoms with Crippen LogP contribution in [0.2, 0.25) is 5.15 Å². The molecule has 1 N–H and O–H groups in total. The third-order valence-electron chi connectivity index (χ3n) is 3.54. The maximum Gasteiger partial charge on any atom is 0.187 e. The summed E-state index contributed by atoms with van der Waals surface area (Å²) in [4.78, 5) is 7.32. The van der Waals surface area contributed by atoms with E-state index in [0.29, 0.717) is 11.2 Å². The fourth-order valence-corrected chi connectivity index (χ4v) is 3.63. The number of hydrogen-bond acceptors (Lipinski definition) is 4. The van der Waals surface area contributed by atoms with Gasteiger partial charge in [-0.2, -0.15) is 0 Å². The summed E-state index contributed by atoms with van der Waals surface area (Å²) in [5.74, 6) is 0.795. The molecule has 5 heteroatoms. The lowest BCUT2D eigenvalue weighted by Gasteiger charge is -2.33. The van der Waals surface area contributed by atoms with E-state index in [1.54, 1.807) is 0 Å². The molecule has 1 fully saturated rings. The number of aliphatic hydroxyl groups is 1. The van der Waals surface area contributed by atoms with Gasteiger partial charge < -0.3 is 10.0 Å². The molecule has 1 heterocycles. The number of aromatic nitrogens is 1. The van der Waals surface area contributed by atoms with Gasteiger partial charge in [-0.25, -0.2) is 4.98 Å². The molecule has 1 aromatic heterocycles. The SMILES string of the molecule is CC1CCCC(N(C)c2nc(Cl)c(CO)s2)C1. The summed E-state index contributed by atoms with van der Waals surface area (Å²) in [5, 5.41) is 10.5. The Labute approximate surface area is 111 Å². The van der Waals surface area contributed by atoms with Crippen LogP contribution in [0, 0.1) is 5.92 Å². The second-order valence-corrected chi connectivity index (χ2v) is 6.33. The minimum atomic E-state index is -0.0224. The molecule has 17 heavy (non-hydrogen) atoms. The van der Waals surface area contributed by atoms with Crippen LogP contribution in [0.15, 0.2) is 0 Å². The van der Waals surface area contributed by atoms with E-state index in [1.165, 1.54) is 37.0 Å². The highest BCUT2D eigenvalue weighted by Crippen LogP contribution is 2.34. The number of aliphatic hydroxyl groups excluding tert-OH is 1. The van der Waals surface area contributed by atoms with Crippen molar-refractivity contribution in [3.05, 3.63) is 10.0 Å². The molecule has 2 atom stereocenters. The Hall–Kier alpha value is -0.320. The van der Waals surface area contributed by atoms with Crippen LogP contribution in [0.3, 0.4) is 0 Å². The normalized spacial score (nSPS) is 24.9. The zero-order valence-corrected chi connectivity index (χ0v) is 11.9. The number of rotatable bonds is 3. The number of halogens is 1. The molecule has 2 unspecified atom stereocenters. The Morgan fingerprint density at radius 2 is 2.29 bits per heavy atom. The first-order chi connectivity index (χ1) is 8.11. The molecule has 1 aliphatic rings. The minimum Gasteiger partial charge on any atom is -0.391 e. The smallest absolute Gasteiger partial charge is 0.187 e. The Kier molecular flexibility index (Phi) is 4.28. The number of nitrogens with zero attached hydrogens (tertiary/aromatic N) is 2. The van der Waals surface area contributed by atoms with Crippen LogP contribution in [0.1, 0.15) is 37.5 Å². The molecule has 1 aromatic rings. The van der Waals surface area contributed by atoms with Gasteiger partial charge in [-0.3, -0.25) is 0 Å². The van der Waals surface area contributed by atoms with Crippen molar-refractivity contribution in [2.45, 2.75) is 45.3 Å². The topological polar surface area (TPSA) is 36.4 Å². The standard InChI is InChI=1S/C12H19ClN2OS/c1-8-4-3-5-9(6-8)15(2)12-14-11(13)10(7-16)17-12/h8-9,16H,3-7H2,1-2H3. The molecule has 1 aliphatic carbocycles. The molecular formula is C12H19ClN2OS. The minimum absolute atomic E-state index is 0.0224. The number of thiazole rings is 1. The maximum absolute atomic E-state index is 9.13. The van der Waals surface area contributed by atoms with Gasteiger partial charge in [0, 0.05) is 13.1 Å². The third-order valence-corrected chi connectivity index (χ3v) is 5.10. The van der Waals surface area contributed by atoms with E-state index in [1.807, 2.05) is 0 Å². The molecule has 1 saturated carbocycles. The van der Waals surface area contributed by atoms with Crippen molar-refractivity contribution in [3.8, 4) is 0 Å². The predicted molar refractivity (Wildman–Crippen MR) is 72.9 cm³/mol. The summed E-state index contributed by atoms with van der Waals surface area (Å²) in [5.41, 5.74) is 0. The summed E-state index contributed by atoms with van der Waals surface area (Å²) in [7, 11) is 2.08. The van der Waals surface area contributed by atoms with Gasteiger partial charge in [0.2, 0.25) is 0 Å². The van der Waals surface area contributed by atoms with E-state index in [9.17, 15) is 0 Å². The van der Waals surface area contributed by atoms with Gasteiger partial charge in [-0.1, -0.05) is 42.7 Å². The van der Waals surface area contributed by atoms with E-state index < -0.39 is 0 Å². The first kappa shape index (κ1) is 13.1. The molecule has 0 bridgehead atoms. The van der Waals surface area contributed by atoms with Crippen molar-refractivity contribution in [1.82, 2.24) is 4.98 Å². The largest absolute Gasteiger partial charge is 0.391 e. The molecule has 3 nitrogen and oxygen atoms in total. The van der Waals surface area contributed by atoms with Crippen molar-refractivity contribution in [2.24, 2.45) is 5.92 Å². The van der Waals surface area contributed by atoms with Crippen LogP contribution in [-0.4, -0.2) is 23.2 Å². The van der Waals surface area contributed by atoms with Gasteiger partial charge in [-0.15, -0.1) is 0 Å². The first-order valence-corrected chi connectivity index (χ1v) is 7.30. The molecule has 2 rings (SSSR count). The Morgan fingerprint density at radius 3 is 2.88 bits per heavy atom. The highest BCUT2D eigenvalue weighted by Gasteiger charge is 2.24. The average Bonchev–Trinajstić information content (AvgIpc) is 2.69. The Balaban J connectivity index is 2.09. The zero-order chi connectivity index (χ0) is 12.4. The van der Waals surface area contributed by atoms with Crippen LogP contribution in [0.4, 0.5) is 5.13 Å². The van der Waals surface area contributed by atoms with Gasteiger partial charge in [0.05, 0.1) is 11.5 Å². The summed E-state index contributed by atoms with van der Waals surface area (Å²) in [6, 6.07) is 0.563. The molecule has 0 amide bonds. The summed E-state index contributed by atoms with van der Waals surface area (Å²) >= 11 is 7.46. The molecule has 0 radical (unpaired) electrons. The van der Waals surface area contributed by atoms with Gasteiger partial charge >= 0.3 is 0 Å². The fraction of sp³-hybridized carbons (Fsp3) is 0.750.